The van der Waals surface area contributed by atoms with Gasteiger partial charge in [-0.25, -0.2) is 4.79 Å². The normalized spacial score (nSPS) is 15.1. The van der Waals surface area contributed by atoms with Crippen LogP contribution in [0.1, 0.15) is 5.56 Å². The van der Waals surface area contributed by atoms with E-state index in [4.69, 9.17) is 4.74 Å². The molecule has 1 fully saturated rings. The Labute approximate surface area is 95.2 Å². The van der Waals surface area contributed by atoms with Gasteiger partial charge in [-0.05, 0) is 19.1 Å². The van der Waals surface area contributed by atoms with Crippen molar-refractivity contribution < 1.29 is 9.53 Å². The van der Waals surface area contributed by atoms with E-state index in [-0.39, 0.29) is 6.09 Å². The van der Waals surface area contributed by atoms with Gasteiger partial charge in [0.2, 0.25) is 0 Å². The van der Waals surface area contributed by atoms with Crippen LogP contribution in [0, 0.1) is 6.92 Å². The summed E-state index contributed by atoms with van der Waals surface area (Å²) in [5.41, 5.74) is 2.33. The molecule has 1 amide bonds. The second kappa shape index (κ2) is 4.88. The van der Waals surface area contributed by atoms with Crippen molar-refractivity contribution in [2.24, 2.45) is 0 Å². The van der Waals surface area contributed by atoms with Gasteiger partial charge in [-0.15, -0.1) is 0 Å². The Bertz CT molecular complexity index is 362. The summed E-state index contributed by atoms with van der Waals surface area (Å²) in [4.78, 5) is 12.8. The van der Waals surface area contributed by atoms with E-state index in [0.29, 0.717) is 19.7 Å². The number of carbonyl (C=O) groups excluding carboxylic acids is 1. The number of carbonyl (C=O) groups is 1. The molecular weight excluding hydrogens is 204 g/mol. The largest absolute Gasteiger partial charge is 0.448 e. The smallest absolute Gasteiger partial charge is 0.409 e. The highest BCUT2D eigenvalue weighted by Crippen LogP contribution is 2.08. The SMILES string of the molecule is Cc1ccc(NCCN2CCOC2=O)cc1. The zero-order valence-corrected chi connectivity index (χ0v) is 9.40. The predicted molar refractivity (Wildman–Crippen MR) is 62.6 cm³/mol. The quantitative estimate of drug-likeness (QED) is 0.842. The third kappa shape index (κ3) is 2.66. The first-order valence-corrected chi connectivity index (χ1v) is 5.48. The Morgan fingerprint density at radius 2 is 2.12 bits per heavy atom. The molecule has 1 aliphatic rings. The van der Waals surface area contributed by atoms with E-state index in [1.165, 1.54) is 5.56 Å². The minimum Gasteiger partial charge on any atom is -0.448 e. The van der Waals surface area contributed by atoms with Gasteiger partial charge in [0.05, 0.1) is 6.54 Å². The Hall–Kier alpha value is -1.71. The molecule has 4 heteroatoms. The van der Waals surface area contributed by atoms with Crippen LogP contribution in [0.5, 0.6) is 0 Å². The lowest BCUT2D eigenvalue weighted by molar-refractivity contribution is 0.159. The van der Waals surface area contributed by atoms with E-state index in [2.05, 4.69) is 24.4 Å². The first kappa shape index (κ1) is 10.8. The highest BCUT2D eigenvalue weighted by atomic mass is 16.6. The van der Waals surface area contributed by atoms with E-state index in [1.54, 1.807) is 4.90 Å². The summed E-state index contributed by atoms with van der Waals surface area (Å²) >= 11 is 0. The lowest BCUT2D eigenvalue weighted by Gasteiger charge is -2.13. The van der Waals surface area contributed by atoms with Crippen LogP contribution >= 0.6 is 0 Å². The molecule has 86 valence electrons. The number of benzene rings is 1. The topological polar surface area (TPSA) is 41.6 Å². The number of cyclic esters (lactones) is 1. The molecule has 0 unspecified atom stereocenters. The van der Waals surface area contributed by atoms with Crippen LogP contribution in [-0.2, 0) is 4.74 Å². The second-order valence-corrected chi connectivity index (χ2v) is 3.89. The summed E-state index contributed by atoms with van der Waals surface area (Å²) in [5.74, 6) is 0. The molecule has 0 aliphatic carbocycles. The van der Waals surface area contributed by atoms with Crippen LogP contribution in [0.15, 0.2) is 24.3 Å². The maximum absolute atomic E-state index is 11.1. The zero-order valence-electron chi connectivity index (χ0n) is 9.40. The summed E-state index contributed by atoms with van der Waals surface area (Å²) in [7, 11) is 0. The lowest BCUT2D eigenvalue weighted by atomic mass is 10.2. The summed E-state index contributed by atoms with van der Waals surface area (Å²) < 4.78 is 4.84. The standard InChI is InChI=1S/C12H16N2O2/c1-10-2-4-11(5-3-10)13-6-7-14-8-9-16-12(14)15/h2-5,13H,6-9H2,1H3. The molecule has 0 atom stereocenters. The Morgan fingerprint density at radius 3 is 2.75 bits per heavy atom. The predicted octanol–water partition coefficient (Wildman–Crippen LogP) is 1.86. The molecule has 1 N–H and O–H groups in total. The minimum atomic E-state index is -0.203. The molecule has 1 saturated heterocycles. The molecule has 4 nitrogen and oxygen atoms in total. The summed E-state index contributed by atoms with van der Waals surface area (Å²) in [6, 6.07) is 8.20. The van der Waals surface area contributed by atoms with Crippen molar-refractivity contribution >= 4 is 11.8 Å². The van der Waals surface area contributed by atoms with Gasteiger partial charge in [-0.3, -0.25) is 0 Å². The van der Waals surface area contributed by atoms with Crippen molar-refractivity contribution in [3.63, 3.8) is 0 Å². The number of aryl methyl sites for hydroxylation is 1. The van der Waals surface area contributed by atoms with Gasteiger partial charge in [0.1, 0.15) is 6.61 Å². The number of ether oxygens (including phenoxy) is 1. The van der Waals surface area contributed by atoms with Crippen LogP contribution in [-0.4, -0.2) is 37.2 Å². The Kier molecular flexibility index (Phi) is 3.29. The van der Waals surface area contributed by atoms with Gasteiger partial charge >= 0.3 is 6.09 Å². The average molecular weight is 220 g/mol. The monoisotopic (exact) mass is 220 g/mol. The van der Waals surface area contributed by atoms with Crippen molar-refractivity contribution in [2.75, 3.05) is 31.6 Å². The number of nitrogens with one attached hydrogen (secondary N) is 1. The van der Waals surface area contributed by atoms with Crippen molar-refractivity contribution in [3.05, 3.63) is 29.8 Å². The van der Waals surface area contributed by atoms with Crippen LogP contribution in [0.4, 0.5) is 10.5 Å². The summed E-state index contributed by atoms with van der Waals surface area (Å²) in [6.45, 7) is 4.71. The maximum atomic E-state index is 11.1. The Balaban J connectivity index is 1.75. The fourth-order valence-corrected chi connectivity index (χ4v) is 1.64. The van der Waals surface area contributed by atoms with E-state index in [0.717, 1.165) is 12.2 Å². The first-order valence-electron chi connectivity index (χ1n) is 5.48. The first-order chi connectivity index (χ1) is 7.75. The molecule has 2 rings (SSSR count). The van der Waals surface area contributed by atoms with Gasteiger partial charge < -0.3 is 15.0 Å². The zero-order chi connectivity index (χ0) is 11.4. The van der Waals surface area contributed by atoms with Gasteiger partial charge in [0.25, 0.3) is 0 Å². The molecule has 16 heavy (non-hydrogen) atoms. The highest BCUT2D eigenvalue weighted by molar-refractivity contribution is 5.69. The molecule has 1 aromatic rings. The van der Waals surface area contributed by atoms with Crippen molar-refractivity contribution in [1.82, 2.24) is 4.90 Å². The number of rotatable bonds is 4. The number of nitrogens with zero attached hydrogens (tertiary/aromatic N) is 1. The fraction of sp³-hybridized carbons (Fsp3) is 0.417. The molecule has 0 radical (unpaired) electrons. The van der Waals surface area contributed by atoms with Gasteiger partial charge in [0.15, 0.2) is 0 Å². The fourth-order valence-electron chi connectivity index (χ4n) is 1.64. The summed E-state index contributed by atoms with van der Waals surface area (Å²) in [6.07, 6.45) is -0.203. The molecule has 0 saturated carbocycles. The number of hydrogen-bond acceptors (Lipinski definition) is 3. The highest BCUT2D eigenvalue weighted by Gasteiger charge is 2.20. The van der Waals surface area contributed by atoms with Crippen LogP contribution in [0.3, 0.4) is 0 Å². The van der Waals surface area contributed by atoms with Crippen LogP contribution in [0.2, 0.25) is 0 Å². The second-order valence-electron chi connectivity index (χ2n) is 3.89. The van der Waals surface area contributed by atoms with Crippen LogP contribution in [0.25, 0.3) is 0 Å². The van der Waals surface area contributed by atoms with Gasteiger partial charge in [0, 0.05) is 18.8 Å². The molecule has 0 aromatic heterocycles. The van der Waals surface area contributed by atoms with Crippen molar-refractivity contribution in [3.8, 4) is 0 Å². The molecule has 0 spiro atoms. The molecule has 0 bridgehead atoms. The van der Waals surface area contributed by atoms with E-state index in [9.17, 15) is 4.79 Å². The van der Waals surface area contributed by atoms with Crippen molar-refractivity contribution in [1.29, 1.82) is 0 Å². The lowest BCUT2D eigenvalue weighted by Crippen LogP contribution is -2.29. The van der Waals surface area contributed by atoms with E-state index in [1.807, 2.05) is 12.1 Å². The third-order valence-corrected chi connectivity index (χ3v) is 2.61. The number of amides is 1. The van der Waals surface area contributed by atoms with Crippen LogP contribution < -0.4 is 5.32 Å². The summed E-state index contributed by atoms with van der Waals surface area (Å²) in [5, 5.41) is 3.27. The molecular formula is C12H16N2O2. The molecule has 1 heterocycles. The Morgan fingerprint density at radius 1 is 1.38 bits per heavy atom. The minimum absolute atomic E-state index is 0.203. The molecule has 1 aromatic carbocycles. The van der Waals surface area contributed by atoms with Gasteiger partial charge in [-0.1, -0.05) is 17.7 Å². The maximum Gasteiger partial charge on any atom is 0.409 e. The third-order valence-electron chi connectivity index (χ3n) is 2.61. The number of anilines is 1. The molecule has 1 aliphatic heterocycles. The number of hydrogen-bond donors (Lipinski definition) is 1. The van der Waals surface area contributed by atoms with E-state index < -0.39 is 0 Å². The average Bonchev–Trinajstić information content (AvgIpc) is 2.68. The van der Waals surface area contributed by atoms with E-state index >= 15 is 0 Å². The van der Waals surface area contributed by atoms with Crippen molar-refractivity contribution in [2.45, 2.75) is 6.92 Å². The van der Waals surface area contributed by atoms with Gasteiger partial charge in [-0.2, -0.15) is 0 Å².